The molecule has 2 aromatic carbocycles. The topological polar surface area (TPSA) is 90.1 Å². The van der Waals surface area contributed by atoms with Crippen molar-refractivity contribution in [2.75, 3.05) is 6.54 Å². The Bertz CT molecular complexity index is 938. The minimum absolute atomic E-state index is 0.0174. The van der Waals surface area contributed by atoms with Gasteiger partial charge < -0.3 is 5.32 Å². The molecule has 1 heterocycles. The Kier molecular flexibility index (Phi) is 5.02. The van der Waals surface area contributed by atoms with Crippen LogP contribution in [0.2, 0.25) is 0 Å². The summed E-state index contributed by atoms with van der Waals surface area (Å²) in [6.45, 7) is 0.354. The number of rotatable bonds is 6. The number of carbonyl (C=O) groups is 1. The van der Waals surface area contributed by atoms with Crippen LogP contribution in [0.5, 0.6) is 0 Å². The molecule has 132 valence electrons. The highest BCUT2D eigenvalue weighted by Crippen LogP contribution is 2.15. The molecule has 0 atom stereocenters. The van der Waals surface area contributed by atoms with Crippen LogP contribution >= 0.6 is 0 Å². The lowest BCUT2D eigenvalue weighted by molar-refractivity contribution is -0.384. The van der Waals surface area contributed by atoms with Gasteiger partial charge in [0.2, 0.25) is 0 Å². The first-order valence-electron chi connectivity index (χ1n) is 7.86. The number of hydrogen-bond acceptors (Lipinski definition) is 4. The molecule has 26 heavy (non-hydrogen) atoms. The van der Waals surface area contributed by atoms with Crippen molar-refractivity contribution in [1.82, 2.24) is 15.1 Å². The van der Waals surface area contributed by atoms with Gasteiger partial charge in [-0.05, 0) is 42.3 Å². The predicted molar refractivity (Wildman–Crippen MR) is 92.7 cm³/mol. The smallest absolute Gasteiger partial charge is 0.271 e. The van der Waals surface area contributed by atoms with E-state index in [1.165, 1.54) is 28.9 Å². The third kappa shape index (κ3) is 4.10. The van der Waals surface area contributed by atoms with Crippen LogP contribution in [0.25, 0.3) is 5.69 Å². The Morgan fingerprint density at radius 2 is 1.96 bits per heavy atom. The minimum Gasteiger partial charge on any atom is -0.350 e. The highest BCUT2D eigenvalue weighted by molar-refractivity contribution is 5.92. The lowest BCUT2D eigenvalue weighted by atomic mass is 10.1. The van der Waals surface area contributed by atoms with Gasteiger partial charge >= 0.3 is 0 Å². The number of carbonyl (C=O) groups excluding carboxylic acids is 1. The summed E-state index contributed by atoms with van der Waals surface area (Å²) in [4.78, 5) is 22.3. The Balaban J connectivity index is 1.60. The summed E-state index contributed by atoms with van der Waals surface area (Å²) in [5.74, 6) is -0.655. The molecule has 3 aromatic rings. The van der Waals surface area contributed by atoms with Gasteiger partial charge in [-0.15, -0.1) is 0 Å². The van der Waals surface area contributed by atoms with Crippen LogP contribution in [0, 0.1) is 15.9 Å². The molecule has 0 aliphatic rings. The van der Waals surface area contributed by atoms with Gasteiger partial charge in [0.1, 0.15) is 5.82 Å². The standard InChI is InChI=1S/C18H15FN4O3/c19-14-3-1-2-13(12-14)8-10-20-18(24)17-9-11-22(21-17)15-4-6-16(7-5-15)23(25)26/h1-7,9,11-12H,8,10H2,(H,20,24). The first-order chi connectivity index (χ1) is 12.5. The molecule has 8 heteroatoms. The van der Waals surface area contributed by atoms with Crippen molar-refractivity contribution in [2.24, 2.45) is 0 Å². The number of benzene rings is 2. The second kappa shape index (κ2) is 7.56. The van der Waals surface area contributed by atoms with Gasteiger partial charge in [-0.3, -0.25) is 14.9 Å². The fourth-order valence-electron chi connectivity index (χ4n) is 2.42. The van der Waals surface area contributed by atoms with Crippen molar-refractivity contribution in [1.29, 1.82) is 0 Å². The molecular weight excluding hydrogens is 339 g/mol. The molecule has 0 spiro atoms. The van der Waals surface area contributed by atoms with E-state index >= 15 is 0 Å². The predicted octanol–water partition coefficient (Wildman–Crippen LogP) is 2.89. The molecule has 1 aromatic heterocycles. The van der Waals surface area contributed by atoms with E-state index in [0.29, 0.717) is 18.7 Å². The zero-order valence-corrected chi connectivity index (χ0v) is 13.6. The maximum Gasteiger partial charge on any atom is 0.271 e. The summed E-state index contributed by atoms with van der Waals surface area (Å²) in [5.41, 5.74) is 1.61. The van der Waals surface area contributed by atoms with Crippen LogP contribution in [0.3, 0.4) is 0 Å². The second-order valence-corrected chi connectivity index (χ2v) is 5.55. The number of amides is 1. The molecule has 0 aliphatic carbocycles. The fourth-order valence-corrected chi connectivity index (χ4v) is 2.42. The Morgan fingerprint density at radius 3 is 2.65 bits per heavy atom. The van der Waals surface area contributed by atoms with Crippen LogP contribution in [-0.2, 0) is 6.42 Å². The van der Waals surface area contributed by atoms with E-state index in [2.05, 4.69) is 10.4 Å². The molecular formula is C18H15FN4O3. The first kappa shape index (κ1) is 17.3. The van der Waals surface area contributed by atoms with E-state index in [1.807, 2.05) is 0 Å². The van der Waals surface area contributed by atoms with Crippen molar-refractivity contribution in [3.63, 3.8) is 0 Å². The summed E-state index contributed by atoms with van der Waals surface area (Å²) >= 11 is 0. The van der Waals surface area contributed by atoms with E-state index in [-0.39, 0.29) is 23.1 Å². The number of hydrogen-bond donors (Lipinski definition) is 1. The quantitative estimate of drug-likeness (QED) is 0.544. The molecule has 3 rings (SSSR count). The zero-order chi connectivity index (χ0) is 18.5. The van der Waals surface area contributed by atoms with Gasteiger partial charge in [0.15, 0.2) is 5.69 Å². The highest BCUT2D eigenvalue weighted by Gasteiger charge is 2.11. The van der Waals surface area contributed by atoms with Crippen LogP contribution in [0.4, 0.5) is 10.1 Å². The minimum atomic E-state index is -0.482. The SMILES string of the molecule is O=C(NCCc1cccc(F)c1)c1ccn(-c2ccc([N+](=O)[O-])cc2)n1. The number of nitro benzene ring substituents is 1. The van der Waals surface area contributed by atoms with Crippen molar-refractivity contribution < 1.29 is 14.1 Å². The highest BCUT2D eigenvalue weighted by atomic mass is 19.1. The van der Waals surface area contributed by atoms with Crippen molar-refractivity contribution in [3.05, 3.63) is 88.0 Å². The number of aromatic nitrogens is 2. The van der Waals surface area contributed by atoms with Crippen molar-refractivity contribution >= 4 is 11.6 Å². The maximum atomic E-state index is 13.1. The third-order valence-electron chi connectivity index (χ3n) is 3.74. The van der Waals surface area contributed by atoms with E-state index in [1.54, 1.807) is 36.5 Å². The Labute approximate surface area is 148 Å². The summed E-state index contributed by atoms with van der Waals surface area (Å²) in [5, 5.41) is 17.6. The molecule has 0 aliphatic heterocycles. The van der Waals surface area contributed by atoms with Gasteiger partial charge in [-0.1, -0.05) is 12.1 Å². The van der Waals surface area contributed by atoms with Crippen LogP contribution < -0.4 is 5.32 Å². The molecule has 0 unspecified atom stereocenters. The Hall–Kier alpha value is -3.55. The molecule has 1 N–H and O–H groups in total. The molecule has 7 nitrogen and oxygen atoms in total. The fraction of sp³-hybridized carbons (Fsp3) is 0.111. The number of nitrogens with zero attached hydrogens (tertiary/aromatic N) is 3. The molecule has 0 saturated heterocycles. The molecule has 0 saturated carbocycles. The van der Waals surface area contributed by atoms with Crippen molar-refractivity contribution in [3.8, 4) is 5.69 Å². The van der Waals surface area contributed by atoms with Gasteiger partial charge in [-0.2, -0.15) is 5.10 Å². The number of non-ortho nitro benzene ring substituents is 1. The van der Waals surface area contributed by atoms with Crippen LogP contribution in [0.1, 0.15) is 16.1 Å². The van der Waals surface area contributed by atoms with Crippen molar-refractivity contribution in [2.45, 2.75) is 6.42 Å². The molecule has 1 amide bonds. The monoisotopic (exact) mass is 354 g/mol. The maximum absolute atomic E-state index is 13.1. The second-order valence-electron chi connectivity index (χ2n) is 5.55. The lowest BCUT2D eigenvalue weighted by Gasteiger charge is -2.04. The number of halogens is 1. The molecule has 0 bridgehead atoms. The molecule has 0 radical (unpaired) electrons. The summed E-state index contributed by atoms with van der Waals surface area (Å²) in [6, 6.07) is 13.6. The first-order valence-corrected chi connectivity index (χ1v) is 7.86. The third-order valence-corrected chi connectivity index (χ3v) is 3.74. The van der Waals surface area contributed by atoms with Crippen LogP contribution in [0.15, 0.2) is 60.8 Å². The van der Waals surface area contributed by atoms with E-state index in [9.17, 15) is 19.3 Å². The number of nitrogens with one attached hydrogen (secondary N) is 1. The summed E-state index contributed by atoms with van der Waals surface area (Å²) in [7, 11) is 0. The lowest BCUT2D eigenvalue weighted by Crippen LogP contribution is -2.26. The normalized spacial score (nSPS) is 10.5. The van der Waals surface area contributed by atoms with Gasteiger partial charge in [0, 0.05) is 24.9 Å². The van der Waals surface area contributed by atoms with E-state index < -0.39 is 4.92 Å². The zero-order valence-electron chi connectivity index (χ0n) is 13.6. The van der Waals surface area contributed by atoms with Gasteiger partial charge in [-0.25, -0.2) is 9.07 Å². The van der Waals surface area contributed by atoms with Gasteiger partial charge in [0.25, 0.3) is 11.6 Å². The summed E-state index contributed by atoms with van der Waals surface area (Å²) < 4.78 is 14.6. The van der Waals surface area contributed by atoms with E-state index in [0.717, 1.165) is 5.56 Å². The Morgan fingerprint density at radius 1 is 1.19 bits per heavy atom. The summed E-state index contributed by atoms with van der Waals surface area (Å²) in [6.07, 6.45) is 2.11. The van der Waals surface area contributed by atoms with Gasteiger partial charge in [0.05, 0.1) is 10.6 Å². The average molecular weight is 354 g/mol. The van der Waals surface area contributed by atoms with Crippen LogP contribution in [-0.4, -0.2) is 27.2 Å². The van der Waals surface area contributed by atoms with E-state index in [4.69, 9.17) is 0 Å². The largest absolute Gasteiger partial charge is 0.350 e. The molecule has 0 fully saturated rings. The number of nitro groups is 1. The average Bonchev–Trinajstić information content (AvgIpc) is 3.12.